The maximum atomic E-state index is 11.8. The number of aromatic nitrogens is 1. The summed E-state index contributed by atoms with van der Waals surface area (Å²) in [4.78, 5) is 17.4. The molecule has 16 heavy (non-hydrogen) atoms. The minimum atomic E-state index is -0.549. The van der Waals surface area contributed by atoms with Gasteiger partial charge in [-0.1, -0.05) is 0 Å². The fourth-order valence-corrected chi connectivity index (χ4v) is 1.46. The number of likely N-dealkylation sites (N-methyl/N-ethyl adjacent to an activating group) is 1. The Morgan fingerprint density at radius 1 is 1.38 bits per heavy atom. The third kappa shape index (κ3) is 3.31. The molecule has 0 atom stereocenters. The molecule has 1 amide bonds. The molecular formula is C12H19N3O. The molecule has 1 rings (SSSR count). The summed E-state index contributed by atoms with van der Waals surface area (Å²) in [5.41, 5.74) is 0.571. The van der Waals surface area contributed by atoms with Crippen LogP contribution in [-0.4, -0.2) is 35.4 Å². The van der Waals surface area contributed by atoms with Crippen LogP contribution in [0.4, 0.5) is 0 Å². The van der Waals surface area contributed by atoms with Crippen molar-refractivity contribution >= 4 is 5.91 Å². The van der Waals surface area contributed by atoms with Gasteiger partial charge < -0.3 is 4.90 Å². The van der Waals surface area contributed by atoms with Gasteiger partial charge in [-0.25, -0.2) is 0 Å². The Hall–Kier alpha value is -1.42. The van der Waals surface area contributed by atoms with Crippen LogP contribution in [-0.2, 0) is 11.3 Å². The summed E-state index contributed by atoms with van der Waals surface area (Å²) in [5, 5.41) is 3.24. The predicted molar refractivity (Wildman–Crippen MR) is 63.8 cm³/mol. The van der Waals surface area contributed by atoms with Gasteiger partial charge >= 0.3 is 0 Å². The summed E-state index contributed by atoms with van der Waals surface area (Å²) in [7, 11) is 3.52. The summed E-state index contributed by atoms with van der Waals surface area (Å²) in [6.07, 6.45) is 3.50. The summed E-state index contributed by atoms with van der Waals surface area (Å²) in [6, 6.07) is 3.87. The van der Waals surface area contributed by atoms with Crippen LogP contribution in [0.3, 0.4) is 0 Å². The lowest BCUT2D eigenvalue weighted by molar-refractivity contribution is -0.134. The van der Waals surface area contributed by atoms with Gasteiger partial charge in [0.15, 0.2) is 0 Å². The molecule has 88 valence electrons. The van der Waals surface area contributed by atoms with Crippen molar-refractivity contribution in [2.75, 3.05) is 14.1 Å². The topological polar surface area (TPSA) is 45.2 Å². The fraction of sp³-hybridized carbons (Fsp3) is 0.500. The molecule has 1 aromatic rings. The Labute approximate surface area is 96.7 Å². The molecule has 1 N–H and O–H groups in total. The number of amides is 1. The molecule has 0 bridgehead atoms. The third-order valence-electron chi connectivity index (χ3n) is 2.42. The first kappa shape index (κ1) is 12.6. The van der Waals surface area contributed by atoms with Gasteiger partial charge in [-0.15, -0.1) is 0 Å². The average Bonchev–Trinajstić information content (AvgIpc) is 2.27. The van der Waals surface area contributed by atoms with Crippen molar-refractivity contribution in [1.82, 2.24) is 15.2 Å². The number of nitrogens with zero attached hydrogens (tertiary/aromatic N) is 2. The van der Waals surface area contributed by atoms with E-state index in [9.17, 15) is 4.79 Å². The van der Waals surface area contributed by atoms with E-state index in [0.29, 0.717) is 6.54 Å². The number of pyridine rings is 1. The lowest BCUT2D eigenvalue weighted by Gasteiger charge is -2.28. The van der Waals surface area contributed by atoms with Gasteiger partial charge in [0.05, 0.1) is 5.54 Å². The van der Waals surface area contributed by atoms with E-state index < -0.39 is 5.54 Å². The molecule has 0 aliphatic heterocycles. The van der Waals surface area contributed by atoms with Gasteiger partial charge in [0.25, 0.3) is 0 Å². The summed E-state index contributed by atoms with van der Waals surface area (Å²) in [6.45, 7) is 4.43. The van der Waals surface area contributed by atoms with Crippen LogP contribution in [0.2, 0.25) is 0 Å². The van der Waals surface area contributed by atoms with Crippen molar-refractivity contribution in [3.63, 3.8) is 0 Å². The molecule has 0 spiro atoms. The SMILES string of the molecule is CN(C)C(=O)C(C)(C)NCc1ccncc1. The van der Waals surface area contributed by atoms with Gasteiger partial charge in [0.1, 0.15) is 0 Å². The monoisotopic (exact) mass is 221 g/mol. The van der Waals surface area contributed by atoms with Crippen LogP contribution >= 0.6 is 0 Å². The Morgan fingerprint density at radius 2 is 1.94 bits per heavy atom. The van der Waals surface area contributed by atoms with E-state index in [1.807, 2.05) is 26.0 Å². The van der Waals surface area contributed by atoms with Crippen LogP contribution in [0.25, 0.3) is 0 Å². The Balaban J connectivity index is 2.58. The zero-order valence-corrected chi connectivity index (χ0v) is 10.3. The molecule has 4 nitrogen and oxygen atoms in total. The minimum absolute atomic E-state index is 0.0709. The normalized spacial score (nSPS) is 11.2. The summed E-state index contributed by atoms with van der Waals surface area (Å²) in [5.74, 6) is 0.0709. The smallest absolute Gasteiger partial charge is 0.241 e. The van der Waals surface area contributed by atoms with E-state index in [-0.39, 0.29) is 5.91 Å². The zero-order valence-electron chi connectivity index (χ0n) is 10.3. The maximum Gasteiger partial charge on any atom is 0.241 e. The van der Waals surface area contributed by atoms with Crippen molar-refractivity contribution < 1.29 is 4.79 Å². The molecule has 0 aromatic carbocycles. The lowest BCUT2D eigenvalue weighted by atomic mass is 10.0. The Bertz CT molecular complexity index is 347. The van der Waals surface area contributed by atoms with Crippen molar-refractivity contribution in [3.05, 3.63) is 30.1 Å². The molecule has 0 saturated heterocycles. The minimum Gasteiger partial charge on any atom is -0.347 e. The highest BCUT2D eigenvalue weighted by Gasteiger charge is 2.28. The molecule has 1 aromatic heterocycles. The Morgan fingerprint density at radius 3 is 2.44 bits per heavy atom. The molecule has 0 saturated carbocycles. The highest BCUT2D eigenvalue weighted by molar-refractivity contribution is 5.85. The van der Waals surface area contributed by atoms with Crippen LogP contribution < -0.4 is 5.32 Å². The highest BCUT2D eigenvalue weighted by atomic mass is 16.2. The molecule has 0 fully saturated rings. The van der Waals surface area contributed by atoms with E-state index in [4.69, 9.17) is 0 Å². The first-order chi connectivity index (χ1) is 7.43. The van der Waals surface area contributed by atoms with Gasteiger partial charge in [-0.2, -0.15) is 0 Å². The quantitative estimate of drug-likeness (QED) is 0.826. The van der Waals surface area contributed by atoms with Crippen molar-refractivity contribution in [2.24, 2.45) is 0 Å². The molecular weight excluding hydrogens is 202 g/mol. The van der Waals surface area contributed by atoms with E-state index in [2.05, 4.69) is 10.3 Å². The molecule has 4 heteroatoms. The molecule has 0 unspecified atom stereocenters. The lowest BCUT2D eigenvalue weighted by Crippen LogP contribution is -2.51. The van der Waals surface area contributed by atoms with Crippen LogP contribution in [0.5, 0.6) is 0 Å². The predicted octanol–water partition coefficient (Wildman–Crippen LogP) is 1.04. The number of carbonyl (C=O) groups excluding carboxylic acids is 1. The van der Waals surface area contributed by atoms with E-state index in [0.717, 1.165) is 5.56 Å². The Kier molecular flexibility index (Phi) is 4.01. The molecule has 0 radical (unpaired) electrons. The van der Waals surface area contributed by atoms with Crippen molar-refractivity contribution in [2.45, 2.75) is 25.9 Å². The van der Waals surface area contributed by atoms with Gasteiger partial charge in [-0.3, -0.25) is 15.1 Å². The molecule has 1 heterocycles. The third-order valence-corrected chi connectivity index (χ3v) is 2.42. The number of hydrogen-bond donors (Lipinski definition) is 1. The van der Waals surface area contributed by atoms with Crippen LogP contribution in [0.1, 0.15) is 19.4 Å². The number of carbonyl (C=O) groups is 1. The van der Waals surface area contributed by atoms with E-state index >= 15 is 0 Å². The summed E-state index contributed by atoms with van der Waals surface area (Å²) < 4.78 is 0. The van der Waals surface area contributed by atoms with Gasteiger partial charge in [-0.05, 0) is 31.5 Å². The van der Waals surface area contributed by atoms with Crippen molar-refractivity contribution in [3.8, 4) is 0 Å². The largest absolute Gasteiger partial charge is 0.347 e. The number of nitrogens with one attached hydrogen (secondary N) is 1. The van der Waals surface area contributed by atoms with Gasteiger partial charge in [0, 0.05) is 33.0 Å². The molecule has 0 aliphatic rings. The second-order valence-corrected chi connectivity index (χ2v) is 4.53. The fourth-order valence-electron chi connectivity index (χ4n) is 1.46. The number of hydrogen-bond acceptors (Lipinski definition) is 3. The van der Waals surface area contributed by atoms with Crippen LogP contribution in [0, 0.1) is 0 Å². The highest BCUT2D eigenvalue weighted by Crippen LogP contribution is 2.07. The zero-order chi connectivity index (χ0) is 12.2. The molecule has 0 aliphatic carbocycles. The van der Waals surface area contributed by atoms with E-state index in [1.165, 1.54) is 0 Å². The average molecular weight is 221 g/mol. The second kappa shape index (κ2) is 5.07. The first-order valence-corrected chi connectivity index (χ1v) is 5.29. The van der Waals surface area contributed by atoms with Gasteiger partial charge in [0.2, 0.25) is 5.91 Å². The second-order valence-electron chi connectivity index (χ2n) is 4.53. The number of rotatable bonds is 4. The van der Waals surface area contributed by atoms with E-state index in [1.54, 1.807) is 31.4 Å². The standard InChI is InChI=1S/C12H19N3O/c1-12(2,11(16)15(3)4)14-9-10-5-7-13-8-6-10/h5-8,14H,9H2,1-4H3. The summed E-state index contributed by atoms with van der Waals surface area (Å²) >= 11 is 0. The van der Waals surface area contributed by atoms with Crippen LogP contribution in [0.15, 0.2) is 24.5 Å². The van der Waals surface area contributed by atoms with Crippen molar-refractivity contribution in [1.29, 1.82) is 0 Å². The first-order valence-electron chi connectivity index (χ1n) is 5.29. The maximum absolute atomic E-state index is 11.8.